The van der Waals surface area contributed by atoms with Gasteiger partial charge in [-0.3, -0.25) is 9.88 Å². The van der Waals surface area contributed by atoms with Crippen molar-refractivity contribution in [2.75, 3.05) is 26.2 Å². The Balaban J connectivity index is 1.60. The largest absolute Gasteiger partial charge is 0.492 e. The van der Waals surface area contributed by atoms with Crippen LogP contribution in [0.25, 0.3) is 10.9 Å². The summed E-state index contributed by atoms with van der Waals surface area (Å²) in [5.41, 5.74) is 2.00. The number of likely N-dealkylation sites (tertiary alicyclic amines) is 1. The van der Waals surface area contributed by atoms with Crippen LogP contribution in [0.5, 0.6) is 5.75 Å². The average molecular weight is 286 g/mol. The molecule has 0 aliphatic carbocycles. The predicted molar refractivity (Wildman–Crippen MR) is 83.7 cm³/mol. The van der Waals surface area contributed by atoms with Crippen molar-refractivity contribution in [2.45, 2.75) is 25.9 Å². The molecular weight excluding hydrogens is 264 g/mol. The quantitative estimate of drug-likeness (QED) is 0.937. The van der Waals surface area contributed by atoms with Gasteiger partial charge in [-0.25, -0.2) is 0 Å². The molecule has 0 radical (unpaired) electrons. The second-order valence-electron chi connectivity index (χ2n) is 5.70. The zero-order chi connectivity index (χ0) is 14.7. The summed E-state index contributed by atoms with van der Waals surface area (Å²) >= 11 is 0. The maximum absolute atomic E-state index is 9.51. The van der Waals surface area contributed by atoms with E-state index in [1.165, 1.54) is 0 Å². The van der Waals surface area contributed by atoms with Gasteiger partial charge < -0.3 is 9.84 Å². The molecule has 1 aliphatic rings. The first-order chi connectivity index (χ1) is 10.2. The third kappa shape index (κ3) is 3.52. The van der Waals surface area contributed by atoms with Crippen molar-refractivity contribution in [2.24, 2.45) is 0 Å². The molecule has 1 saturated heterocycles. The van der Waals surface area contributed by atoms with Gasteiger partial charge in [-0.05, 0) is 44.0 Å². The Bertz CT molecular complexity index is 607. The third-order valence-electron chi connectivity index (χ3n) is 4.05. The van der Waals surface area contributed by atoms with Crippen LogP contribution in [0.3, 0.4) is 0 Å². The van der Waals surface area contributed by atoms with Crippen LogP contribution in [0.15, 0.2) is 30.3 Å². The van der Waals surface area contributed by atoms with E-state index in [9.17, 15) is 5.11 Å². The fourth-order valence-corrected chi connectivity index (χ4v) is 2.78. The number of benzene rings is 1. The highest BCUT2D eigenvalue weighted by atomic mass is 16.5. The number of rotatable bonds is 4. The fraction of sp³-hybridized carbons (Fsp3) is 0.471. The van der Waals surface area contributed by atoms with Crippen LogP contribution in [-0.4, -0.2) is 47.3 Å². The lowest BCUT2D eigenvalue weighted by Gasteiger charge is -2.29. The number of ether oxygens (including phenoxy) is 1. The van der Waals surface area contributed by atoms with Gasteiger partial charge in [-0.15, -0.1) is 0 Å². The van der Waals surface area contributed by atoms with Gasteiger partial charge in [0.2, 0.25) is 0 Å². The molecule has 21 heavy (non-hydrogen) atoms. The summed E-state index contributed by atoms with van der Waals surface area (Å²) in [5.74, 6) is 0.900. The van der Waals surface area contributed by atoms with E-state index < -0.39 is 0 Å². The first-order valence-electron chi connectivity index (χ1n) is 7.62. The molecule has 0 saturated carbocycles. The second kappa shape index (κ2) is 6.41. The van der Waals surface area contributed by atoms with Gasteiger partial charge >= 0.3 is 0 Å². The van der Waals surface area contributed by atoms with Crippen molar-refractivity contribution < 1.29 is 9.84 Å². The molecule has 0 spiro atoms. The van der Waals surface area contributed by atoms with Gasteiger partial charge in [0.05, 0.1) is 11.6 Å². The Morgan fingerprint density at radius 2 is 2.05 bits per heavy atom. The highest BCUT2D eigenvalue weighted by Gasteiger charge is 2.16. The van der Waals surface area contributed by atoms with E-state index in [1.54, 1.807) is 0 Å². The van der Waals surface area contributed by atoms with Crippen molar-refractivity contribution in [1.82, 2.24) is 9.88 Å². The van der Waals surface area contributed by atoms with Crippen LogP contribution in [0.4, 0.5) is 0 Å². The highest BCUT2D eigenvalue weighted by molar-refractivity contribution is 5.85. The standard InChI is InChI=1S/C17H22N2O2/c1-13-5-6-15-16(18-13)3-2-4-17(15)21-12-11-19-9-7-14(20)8-10-19/h2-6,14,20H,7-12H2,1H3. The van der Waals surface area contributed by atoms with Crippen molar-refractivity contribution >= 4 is 10.9 Å². The number of hydrogen-bond donors (Lipinski definition) is 1. The highest BCUT2D eigenvalue weighted by Crippen LogP contribution is 2.24. The number of aliphatic hydroxyl groups is 1. The molecule has 2 aromatic rings. The lowest BCUT2D eigenvalue weighted by atomic mass is 10.1. The van der Waals surface area contributed by atoms with E-state index in [1.807, 2.05) is 31.2 Å². The van der Waals surface area contributed by atoms with Crippen molar-refractivity contribution in [3.8, 4) is 5.75 Å². The van der Waals surface area contributed by atoms with Crippen LogP contribution < -0.4 is 4.74 Å². The summed E-state index contributed by atoms with van der Waals surface area (Å²) in [6.07, 6.45) is 1.63. The number of piperidine rings is 1. The van der Waals surface area contributed by atoms with E-state index in [0.717, 1.165) is 54.8 Å². The Hall–Kier alpha value is -1.65. The minimum absolute atomic E-state index is 0.116. The van der Waals surface area contributed by atoms with Gasteiger partial charge in [0, 0.05) is 30.7 Å². The van der Waals surface area contributed by atoms with Crippen molar-refractivity contribution in [3.63, 3.8) is 0 Å². The summed E-state index contributed by atoms with van der Waals surface area (Å²) < 4.78 is 5.94. The topological polar surface area (TPSA) is 45.6 Å². The summed E-state index contributed by atoms with van der Waals surface area (Å²) in [7, 11) is 0. The summed E-state index contributed by atoms with van der Waals surface area (Å²) in [6.45, 7) is 5.49. The summed E-state index contributed by atoms with van der Waals surface area (Å²) in [4.78, 5) is 6.87. The summed E-state index contributed by atoms with van der Waals surface area (Å²) in [5, 5.41) is 10.6. The molecule has 1 aromatic heterocycles. The first-order valence-corrected chi connectivity index (χ1v) is 7.62. The molecular formula is C17H22N2O2. The monoisotopic (exact) mass is 286 g/mol. The molecule has 112 valence electrons. The average Bonchev–Trinajstić information content (AvgIpc) is 2.49. The van der Waals surface area contributed by atoms with Crippen molar-refractivity contribution in [1.29, 1.82) is 0 Å². The zero-order valence-corrected chi connectivity index (χ0v) is 12.5. The first kappa shape index (κ1) is 14.3. The molecule has 4 nitrogen and oxygen atoms in total. The molecule has 0 amide bonds. The molecule has 1 aliphatic heterocycles. The number of pyridine rings is 1. The van der Waals surface area contributed by atoms with Crippen LogP contribution in [-0.2, 0) is 0 Å². The normalized spacial score (nSPS) is 17.2. The van der Waals surface area contributed by atoms with Gasteiger partial charge in [-0.2, -0.15) is 0 Å². The number of fused-ring (bicyclic) bond motifs is 1. The molecule has 1 aromatic carbocycles. The Morgan fingerprint density at radius 3 is 2.86 bits per heavy atom. The van der Waals surface area contributed by atoms with Gasteiger partial charge in [0.25, 0.3) is 0 Å². The molecule has 2 heterocycles. The van der Waals surface area contributed by atoms with Gasteiger partial charge in [0.1, 0.15) is 12.4 Å². The van der Waals surface area contributed by atoms with Gasteiger partial charge in [-0.1, -0.05) is 6.07 Å². The Morgan fingerprint density at radius 1 is 1.24 bits per heavy atom. The maximum Gasteiger partial charge on any atom is 0.128 e. The van der Waals surface area contributed by atoms with E-state index in [2.05, 4.69) is 16.0 Å². The van der Waals surface area contributed by atoms with Crippen molar-refractivity contribution in [3.05, 3.63) is 36.0 Å². The minimum Gasteiger partial charge on any atom is -0.492 e. The van der Waals surface area contributed by atoms with E-state index >= 15 is 0 Å². The third-order valence-corrected chi connectivity index (χ3v) is 4.05. The molecule has 0 bridgehead atoms. The van der Waals surface area contributed by atoms with E-state index in [-0.39, 0.29) is 6.10 Å². The lowest BCUT2D eigenvalue weighted by molar-refractivity contribution is 0.0756. The number of aryl methyl sites for hydroxylation is 1. The van der Waals surface area contributed by atoms with E-state index in [4.69, 9.17) is 4.74 Å². The Labute approximate surface area is 125 Å². The Kier molecular flexibility index (Phi) is 4.36. The zero-order valence-electron chi connectivity index (χ0n) is 12.5. The number of aliphatic hydroxyl groups excluding tert-OH is 1. The summed E-state index contributed by atoms with van der Waals surface area (Å²) in [6, 6.07) is 10.1. The molecule has 0 atom stereocenters. The number of aromatic nitrogens is 1. The minimum atomic E-state index is -0.116. The predicted octanol–water partition coefficient (Wildman–Crippen LogP) is 2.38. The van der Waals surface area contributed by atoms with E-state index in [0.29, 0.717) is 6.61 Å². The van der Waals surface area contributed by atoms with Gasteiger partial charge in [0.15, 0.2) is 0 Å². The number of hydrogen-bond acceptors (Lipinski definition) is 4. The van der Waals surface area contributed by atoms with Crippen LogP contribution in [0, 0.1) is 6.92 Å². The second-order valence-corrected chi connectivity index (χ2v) is 5.70. The van der Waals surface area contributed by atoms with Crippen LogP contribution in [0.1, 0.15) is 18.5 Å². The van der Waals surface area contributed by atoms with Crippen LogP contribution in [0.2, 0.25) is 0 Å². The molecule has 1 fully saturated rings. The SMILES string of the molecule is Cc1ccc2c(OCCN3CCC(O)CC3)cccc2n1. The fourth-order valence-electron chi connectivity index (χ4n) is 2.78. The number of nitrogens with zero attached hydrogens (tertiary/aromatic N) is 2. The molecule has 4 heteroatoms. The smallest absolute Gasteiger partial charge is 0.128 e. The molecule has 1 N–H and O–H groups in total. The maximum atomic E-state index is 9.51. The lowest BCUT2D eigenvalue weighted by Crippen LogP contribution is -2.38. The molecule has 3 rings (SSSR count). The molecule has 0 unspecified atom stereocenters. The van der Waals surface area contributed by atoms with Crippen LogP contribution >= 0.6 is 0 Å².